The lowest BCUT2D eigenvalue weighted by molar-refractivity contribution is -0.143. The van der Waals surface area contributed by atoms with E-state index < -0.39 is 23.7 Å². The fourth-order valence-corrected chi connectivity index (χ4v) is 3.76. The smallest absolute Gasteiger partial charge is 0.407 e. The molecule has 1 unspecified atom stereocenters. The standard InChI is InChI=1S/C22H29N3O5/c1-22(2,3)30-21(28)23-11-6-12-25-19(20(26)27)17-9-7-14-13-15(29-5)8-10-16(14)18(17)24(25)4/h7-10,13,19H,6,11-12H2,1-5H3,(H,23,28)(H,26,27). The number of benzene rings is 2. The van der Waals surface area contributed by atoms with Crippen LogP contribution in [-0.4, -0.2) is 55.0 Å². The molecule has 2 N–H and O–H groups in total. The van der Waals surface area contributed by atoms with Gasteiger partial charge in [0.15, 0.2) is 6.04 Å². The topological polar surface area (TPSA) is 91.3 Å². The van der Waals surface area contributed by atoms with Gasteiger partial charge in [-0.2, -0.15) is 0 Å². The van der Waals surface area contributed by atoms with Gasteiger partial charge in [0, 0.05) is 31.1 Å². The number of rotatable bonds is 6. The summed E-state index contributed by atoms with van der Waals surface area (Å²) in [7, 11) is 3.49. The molecule has 0 radical (unpaired) electrons. The van der Waals surface area contributed by atoms with Crippen molar-refractivity contribution in [2.24, 2.45) is 0 Å². The van der Waals surface area contributed by atoms with Crippen LogP contribution in [0.15, 0.2) is 30.3 Å². The molecule has 0 spiro atoms. The molecule has 3 rings (SSSR count). The fraction of sp³-hybridized carbons (Fsp3) is 0.455. The summed E-state index contributed by atoms with van der Waals surface area (Å²) in [4.78, 5) is 23.9. The Kier molecular flexibility index (Phi) is 6.07. The largest absolute Gasteiger partial charge is 0.497 e. The van der Waals surface area contributed by atoms with Gasteiger partial charge < -0.3 is 24.9 Å². The van der Waals surface area contributed by atoms with Gasteiger partial charge in [-0.3, -0.25) is 4.79 Å². The molecular weight excluding hydrogens is 386 g/mol. The molecule has 0 saturated carbocycles. The van der Waals surface area contributed by atoms with E-state index in [0.29, 0.717) is 19.5 Å². The summed E-state index contributed by atoms with van der Waals surface area (Å²) in [6.07, 6.45) is 0.0999. The van der Waals surface area contributed by atoms with Crippen molar-refractivity contribution in [3.05, 3.63) is 35.9 Å². The minimum atomic E-state index is -0.909. The molecule has 162 valence electrons. The van der Waals surface area contributed by atoms with Gasteiger partial charge in [-0.15, -0.1) is 0 Å². The van der Waals surface area contributed by atoms with Gasteiger partial charge in [-0.25, -0.2) is 9.80 Å². The number of amides is 1. The van der Waals surface area contributed by atoms with Crippen LogP contribution in [0.1, 0.15) is 38.8 Å². The molecule has 1 aliphatic rings. The first-order chi connectivity index (χ1) is 14.1. The van der Waals surface area contributed by atoms with Crippen LogP contribution in [-0.2, 0) is 9.53 Å². The first kappa shape index (κ1) is 21.7. The third-order valence-corrected chi connectivity index (χ3v) is 5.00. The Morgan fingerprint density at radius 1 is 1.20 bits per heavy atom. The Labute approximate surface area is 176 Å². The number of anilines is 1. The first-order valence-corrected chi connectivity index (χ1v) is 9.93. The molecule has 1 heterocycles. The summed E-state index contributed by atoms with van der Waals surface area (Å²) >= 11 is 0. The third-order valence-electron chi connectivity index (χ3n) is 5.00. The molecule has 2 aromatic rings. The van der Waals surface area contributed by atoms with Gasteiger partial charge in [0.2, 0.25) is 0 Å². The number of carboxylic acid groups (broad SMARTS) is 1. The number of hydrogen-bond acceptors (Lipinski definition) is 6. The maximum absolute atomic E-state index is 12.1. The second-order valence-corrected chi connectivity index (χ2v) is 8.30. The third kappa shape index (κ3) is 4.43. The van der Waals surface area contributed by atoms with Crippen LogP contribution in [0.25, 0.3) is 10.8 Å². The highest BCUT2D eigenvalue weighted by Gasteiger charge is 2.40. The number of aliphatic carboxylic acids is 1. The Bertz CT molecular complexity index is 954. The molecule has 0 saturated heterocycles. The van der Waals surface area contributed by atoms with Crippen molar-refractivity contribution in [1.29, 1.82) is 0 Å². The van der Waals surface area contributed by atoms with Gasteiger partial charge in [-0.05, 0) is 50.8 Å². The van der Waals surface area contributed by atoms with Crippen LogP contribution in [0, 0.1) is 0 Å². The summed E-state index contributed by atoms with van der Waals surface area (Å²) in [6.45, 7) is 6.27. The summed E-state index contributed by atoms with van der Waals surface area (Å²) in [6, 6.07) is 8.78. The van der Waals surface area contributed by atoms with Crippen molar-refractivity contribution >= 4 is 28.5 Å². The number of fused-ring (bicyclic) bond motifs is 3. The van der Waals surface area contributed by atoms with Crippen LogP contribution < -0.4 is 15.1 Å². The first-order valence-electron chi connectivity index (χ1n) is 9.93. The van der Waals surface area contributed by atoms with E-state index in [1.807, 2.05) is 47.4 Å². The lowest BCUT2D eigenvalue weighted by atomic mass is 10.00. The quantitative estimate of drug-likeness (QED) is 0.697. The monoisotopic (exact) mass is 415 g/mol. The molecule has 0 aromatic heterocycles. The Morgan fingerprint density at radius 2 is 1.93 bits per heavy atom. The predicted octanol–water partition coefficient (Wildman–Crippen LogP) is 3.56. The van der Waals surface area contributed by atoms with Crippen molar-refractivity contribution in [2.45, 2.75) is 38.8 Å². The summed E-state index contributed by atoms with van der Waals surface area (Å²) in [5, 5.41) is 18.3. The van der Waals surface area contributed by atoms with Crippen LogP contribution in [0.4, 0.5) is 10.5 Å². The molecule has 30 heavy (non-hydrogen) atoms. The molecule has 2 aromatic carbocycles. The SMILES string of the molecule is COc1ccc2c3c(ccc2c1)C(C(=O)O)N(CCCNC(=O)OC(C)(C)C)N3C. The molecule has 1 aliphatic heterocycles. The molecular formula is C22H29N3O5. The number of nitrogens with zero attached hydrogens (tertiary/aromatic N) is 2. The average Bonchev–Trinajstić information content (AvgIpc) is 2.95. The number of carbonyl (C=O) groups is 2. The Morgan fingerprint density at radius 3 is 2.57 bits per heavy atom. The maximum atomic E-state index is 12.1. The van der Waals surface area contributed by atoms with Crippen molar-refractivity contribution < 1.29 is 24.2 Å². The van der Waals surface area contributed by atoms with Crippen LogP contribution in [0.5, 0.6) is 5.75 Å². The maximum Gasteiger partial charge on any atom is 0.407 e. The van der Waals surface area contributed by atoms with E-state index in [4.69, 9.17) is 9.47 Å². The van der Waals surface area contributed by atoms with Crippen molar-refractivity contribution in [1.82, 2.24) is 10.3 Å². The molecule has 0 fully saturated rings. The van der Waals surface area contributed by atoms with E-state index in [9.17, 15) is 14.7 Å². The summed E-state index contributed by atoms with van der Waals surface area (Å²) in [5.41, 5.74) is 1.07. The molecule has 1 amide bonds. The Balaban J connectivity index is 1.76. The zero-order valence-electron chi connectivity index (χ0n) is 18.1. The van der Waals surface area contributed by atoms with Crippen LogP contribution >= 0.6 is 0 Å². The minimum absolute atomic E-state index is 0.389. The normalized spacial score (nSPS) is 16.4. The average molecular weight is 415 g/mol. The second kappa shape index (κ2) is 8.39. The highest BCUT2D eigenvalue weighted by atomic mass is 16.6. The minimum Gasteiger partial charge on any atom is -0.497 e. The number of hydrogen-bond donors (Lipinski definition) is 2. The number of methoxy groups -OCH3 is 1. The van der Waals surface area contributed by atoms with Gasteiger partial charge >= 0.3 is 12.1 Å². The van der Waals surface area contributed by atoms with Gasteiger partial charge in [0.1, 0.15) is 11.4 Å². The van der Waals surface area contributed by atoms with Crippen molar-refractivity contribution in [2.75, 3.05) is 32.3 Å². The van der Waals surface area contributed by atoms with E-state index in [1.54, 1.807) is 27.9 Å². The van der Waals surface area contributed by atoms with Crippen LogP contribution in [0.2, 0.25) is 0 Å². The van der Waals surface area contributed by atoms with Gasteiger partial charge in [0.05, 0.1) is 12.8 Å². The predicted molar refractivity (Wildman–Crippen MR) is 115 cm³/mol. The molecule has 8 heteroatoms. The molecule has 0 aliphatic carbocycles. The number of carboxylic acids is 1. The number of ether oxygens (including phenoxy) is 2. The highest BCUT2D eigenvalue weighted by Crippen LogP contribution is 2.44. The fourth-order valence-electron chi connectivity index (χ4n) is 3.76. The van der Waals surface area contributed by atoms with E-state index in [2.05, 4.69) is 5.32 Å². The number of alkyl carbamates (subject to hydrolysis) is 1. The zero-order chi connectivity index (χ0) is 22.1. The van der Waals surface area contributed by atoms with E-state index >= 15 is 0 Å². The number of hydrazine groups is 1. The van der Waals surface area contributed by atoms with Crippen LogP contribution in [0.3, 0.4) is 0 Å². The molecule has 0 bridgehead atoms. The molecule has 1 atom stereocenters. The van der Waals surface area contributed by atoms with Crippen molar-refractivity contribution in [3.63, 3.8) is 0 Å². The lowest BCUT2D eigenvalue weighted by Gasteiger charge is -2.29. The highest BCUT2D eigenvalue weighted by molar-refractivity contribution is 5.99. The summed E-state index contributed by atoms with van der Waals surface area (Å²) in [5.74, 6) is -0.156. The molecule has 8 nitrogen and oxygen atoms in total. The van der Waals surface area contributed by atoms with E-state index in [0.717, 1.165) is 27.8 Å². The number of carbonyl (C=O) groups excluding carboxylic acids is 1. The summed E-state index contributed by atoms with van der Waals surface area (Å²) < 4.78 is 10.5. The lowest BCUT2D eigenvalue weighted by Crippen LogP contribution is -2.42. The van der Waals surface area contributed by atoms with Crippen molar-refractivity contribution in [3.8, 4) is 5.75 Å². The van der Waals surface area contributed by atoms with E-state index in [-0.39, 0.29) is 0 Å². The Hall–Kier alpha value is -3.00. The van der Waals surface area contributed by atoms with Gasteiger partial charge in [-0.1, -0.05) is 12.1 Å². The zero-order valence-corrected chi connectivity index (χ0v) is 18.1. The van der Waals surface area contributed by atoms with E-state index in [1.165, 1.54) is 0 Å². The second-order valence-electron chi connectivity index (χ2n) is 8.30. The number of nitrogens with one attached hydrogen (secondary N) is 1. The van der Waals surface area contributed by atoms with Gasteiger partial charge in [0.25, 0.3) is 0 Å².